The third-order valence-corrected chi connectivity index (χ3v) is 3.83. The molecule has 0 N–H and O–H groups in total. The minimum Gasteiger partial charge on any atom is -0.406 e. The number of hydrogen-bond donors (Lipinski definition) is 0. The van der Waals surface area contributed by atoms with Gasteiger partial charge in [0.15, 0.2) is 6.29 Å². The summed E-state index contributed by atoms with van der Waals surface area (Å²) in [5.41, 5.74) is 1.70. The van der Waals surface area contributed by atoms with E-state index >= 15 is 0 Å². The fourth-order valence-electron chi connectivity index (χ4n) is 2.63. The second kappa shape index (κ2) is 8.05. The van der Waals surface area contributed by atoms with Crippen LogP contribution < -0.4 is 9.47 Å². The highest BCUT2D eigenvalue weighted by Gasteiger charge is 2.31. The van der Waals surface area contributed by atoms with Crippen molar-refractivity contribution in [1.82, 2.24) is 4.98 Å². The quantitative estimate of drug-likeness (QED) is 0.369. The number of carbonyl (C=O) groups is 1. The van der Waals surface area contributed by atoms with Gasteiger partial charge in [-0.05, 0) is 48.0 Å². The number of nitrogens with zero attached hydrogens (tertiary/aromatic N) is 1. The van der Waals surface area contributed by atoms with Gasteiger partial charge in [0.25, 0.3) is 0 Å². The number of benzene rings is 2. The Morgan fingerprint density at radius 1 is 0.700 bits per heavy atom. The van der Waals surface area contributed by atoms with Gasteiger partial charge in [-0.2, -0.15) is 0 Å². The molecule has 0 atom stereocenters. The van der Waals surface area contributed by atoms with E-state index in [2.05, 4.69) is 14.5 Å². The number of alkyl halides is 6. The minimum absolute atomic E-state index is 0.146. The molecule has 2 aromatic carbocycles. The molecule has 30 heavy (non-hydrogen) atoms. The Balaban J connectivity index is 1.85. The van der Waals surface area contributed by atoms with Crippen LogP contribution in [0.4, 0.5) is 26.3 Å². The number of pyridine rings is 1. The normalized spacial score (nSPS) is 11.8. The summed E-state index contributed by atoms with van der Waals surface area (Å²) < 4.78 is 81.1. The Morgan fingerprint density at radius 3 is 1.60 bits per heavy atom. The fraction of sp³-hybridized carbons (Fsp3) is 0.100. The molecule has 0 aliphatic heterocycles. The number of ether oxygens (including phenoxy) is 2. The number of carbonyl (C=O) groups excluding carboxylic acids is 1. The van der Waals surface area contributed by atoms with E-state index < -0.39 is 24.2 Å². The largest absolute Gasteiger partial charge is 0.573 e. The summed E-state index contributed by atoms with van der Waals surface area (Å²) in [6.07, 6.45) is -7.72. The molecule has 0 bridgehead atoms. The Kier molecular flexibility index (Phi) is 5.68. The zero-order chi connectivity index (χ0) is 21.9. The summed E-state index contributed by atoms with van der Waals surface area (Å²) in [7, 11) is 0. The van der Waals surface area contributed by atoms with E-state index in [1.807, 2.05) is 0 Å². The molecule has 0 fully saturated rings. The van der Waals surface area contributed by atoms with Crippen LogP contribution in [0.2, 0.25) is 0 Å². The van der Waals surface area contributed by atoms with Gasteiger partial charge >= 0.3 is 12.7 Å². The first-order chi connectivity index (χ1) is 14.0. The van der Waals surface area contributed by atoms with E-state index in [1.165, 1.54) is 36.5 Å². The van der Waals surface area contributed by atoms with Crippen molar-refractivity contribution < 1.29 is 40.6 Å². The SMILES string of the molecule is O=Cc1cc(-c2ccc(OC(F)(F)F)cc2)cnc1-c1ccc(OC(F)(F)F)cc1. The predicted molar refractivity (Wildman–Crippen MR) is 93.9 cm³/mol. The summed E-state index contributed by atoms with van der Waals surface area (Å²) in [5.74, 6) is -0.815. The first-order valence-corrected chi connectivity index (χ1v) is 8.22. The van der Waals surface area contributed by atoms with Gasteiger partial charge in [-0.15, -0.1) is 26.3 Å². The Bertz CT molecular complexity index is 1030. The van der Waals surface area contributed by atoms with Crippen LogP contribution in [-0.2, 0) is 0 Å². The molecular formula is C20H11F6NO3. The summed E-state index contributed by atoms with van der Waals surface area (Å²) in [6.45, 7) is 0. The van der Waals surface area contributed by atoms with Crippen LogP contribution in [0.5, 0.6) is 11.5 Å². The van der Waals surface area contributed by atoms with E-state index in [9.17, 15) is 31.1 Å². The Morgan fingerprint density at radius 2 is 1.17 bits per heavy atom. The van der Waals surface area contributed by atoms with Crippen molar-refractivity contribution >= 4 is 6.29 Å². The molecule has 0 spiro atoms. The van der Waals surface area contributed by atoms with Gasteiger partial charge in [0.1, 0.15) is 11.5 Å². The number of aromatic nitrogens is 1. The molecule has 0 aliphatic rings. The molecule has 1 heterocycles. The first-order valence-electron chi connectivity index (χ1n) is 8.22. The molecule has 0 unspecified atom stereocenters. The molecule has 0 saturated carbocycles. The van der Waals surface area contributed by atoms with Crippen LogP contribution in [0.3, 0.4) is 0 Å². The second-order valence-electron chi connectivity index (χ2n) is 5.92. The minimum atomic E-state index is -4.82. The van der Waals surface area contributed by atoms with E-state index in [0.717, 1.165) is 24.3 Å². The number of rotatable bonds is 5. The summed E-state index contributed by atoms with van der Waals surface area (Å²) in [6, 6.07) is 11.3. The van der Waals surface area contributed by atoms with E-state index in [4.69, 9.17) is 0 Å². The van der Waals surface area contributed by atoms with Crippen molar-refractivity contribution in [2.24, 2.45) is 0 Å². The lowest BCUT2D eigenvalue weighted by Gasteiger charge is -2.11. The molecule has 10 heteroatoms. The highest BCUT2D eigenvalue weighted by Crippen LogP contribution is 2.30. The highest BCUT2D eigenvalue weighted by molar-refractivity contribution is 5.88. The van der Waals surface area contributed by atoms with Crippen molar-refractivity contribution in [3.8, 4) is 33.9 Å². The molecule has 3 aromatic rings. The maximum absolute atomic E-state index is 12.3. The zero-order valence-electron chi connectivity index (χ0n) is 14.8. The van der Waals surface area contributed by atoms with Gasteiger partial charge in [-0.3, -0.25) is 9.78 Å². The van der Waals surface area contributed by atoms with Gasteiger partial charge in [-0.1, -0.05) is 12.1 Å². The average molecular weight is 427 g/mol. The number of halogens is 6. The summed E-state index contributed by atoms with van der Waals surface area (Å²) in [4.78, 5) is 15.7. The zero-order valence-corrected chi connectivity index (χ0v) is 14.8. The topological polar surface area (TPSA) is 48.4 Å². The monoisotopic (exact) mass is 427 g/mol. The molecule has 156 valence electrons. The van der Waals surface area contributed by atoms with Crippen molar-refractivity contribution in [2.45, 2.75) is 12.7 Å². The van der Waals surface area contributed by atoms with Crippen LogP contribution in [0.1, 0.15) is 10.4 Å². The van der Waals surface area contributed by atoms with E-state index in [1.54, 1.807) is 0 Å². The van der Waals surface area contributed by atoms with Crippen LogP contribution in [0, 0.1) is 0 Å². The molecule has 0 amide bonds. The van der Waals surface area contributed by atoms with Crippen molar-refractivity contribution in [1.29, 1.82) is 0 Å². The second-order valence-corrected chi connectivity index (χ2v) is 5.92. The van der Waals surface area contributed by atoms with E-state index in [0.29, 0.717) is 23.0 Å². The standard InChI is InChI=1S/C20H11F6NO3/c21-19(22,23)29-16-5-1-12(2-6-16)14-9-15(11-28)18(27-10-14)13-3-7-17(8-4-13)30-20(24,25)26/h1-11H. The van der Waals surface area contributed by atoms with Gasteiger partial charge in [-0.25, -0.2) is 0 Å². The van der Waals surface area contributed by atoms with Crippen molar-refractivity contribution in [3.05, 3.63) is 66.4 Å². The molecule has 3 rings (SSSR count). The van der Waals surface area contributed by atoms with Gasteiger partial charge in [0.05, 0.1) is 5.69 Å². The average Bonchev–Trinajstić information content (AvgIpc) is 2.66. The first kappa shape index (κ1) is 21.2. The van der Waals surface area contributed by atoms with Gasteiger partial charge in [0, 0.05) is 22.9 Å². The highest BCUT2D eigenvalue weighted by atomic mass is 19.4. The molecule has 0 radical (unpaired) electrons. The molecule has 4 nitrogen and oxygen atoms in total. The lowest BCUT2D eigenvalue weighted by molar-refractivity contribution is -0.275. The predicted octanol–water partition coefficient (Wildman–Crippen LogP) is 6.03. The lowest BCUT2D eigenvalue weighted by atomic mass is 10.0. The molecule has 0 saturated heterocycles. The van der Waals surface area contributed by atoms with Crippen LogP contribution in [0.15, 0.2) is 60.8 Å². The Hall–Kier alpha value is -3.56. The van der Waals surface area contributed by atoms with Crippen LogP contribution in [0.25, 0.3) is 22.4 Å². The number of hydrogen-bond acceptors (Lipinski definition) is 4. The van der Waals surface area contributed by atoms with Crippen molar-refractivity contribution in [3.63, 3.8) is 0 Å². The Labute approximate surface area is 165 Å². The third kappa shape index (κ3) is 5.49. The third-order valence-electron chi connectivity index (χ3n) is 3.83. The van der Waals surface area contributed by atoms with E-state index in [-0.39, 0.29) is 11.3 Å². The van der Waals surface area contributed by atoms with Gasteiger partial charge in [0.2, 0.25) is 0 Å². The fourth-order valence-corrected chi connectivity index (χ4v) is 2.63. The number of aldehydes is 1. The molecular weight excluding hydrogens is 416 g/mol. The smallest absolute Gasteiger partial charge is 0.406 e. The molecule has 0 aliphatic carbocycles. The maximum atomic E-state index is 12.3. The van der Waals surface area contributed by atoms with Gasteiger partial charge < -0.3 is 9.47 Å². The lowest BCUT2D eigenvalue weighted by Crippen LogP contribution is -2.17. The van der Waals surface area contributed by atoms with Crippen molar-refractivity contribution in [2.75, 3.05) is 0 Å². The summed E-state index contributed by atoms with van der Waals surface area (Å²) >= 11 is 0. The molecule has 1 aromatic heterocycles. The van der Waals surface area contributed by atoms with Crippen LogP contribution >= 0.6 is 0 Å². The summed E-state index contributed by atoms with van der Waals surface area (Å²) in [5, 5.41) is 0. The van der Waals surface area contributed by atoms with Crippen LogP contribution in [-0.4, -0.2) is 24.0 Å². The maximum Gasteiger partial charge on any atom is 0.573 e.